The molecule has 0 unspecified atom stereocenters. The first-order valence-electron chi connectivity index (χ1n) is 16.0. The topological polar surface area (TPSA) is 30.2 Å². The van der Waals surface area contributed by atoms with Gasteiger partial charge in [0.15, 0.2) is 5.82 Å². The molecule has 0 aliphatic rings. The lowest BCUT2D eigenvalue weighted by Gasteiger charge is -2.12. The lowest BCUT2D eigenvalue weighted by atomic mass is 9.98. The maximum atomic E-state index is 5.29. The van der Waals surface area contributed by atoms with Gasteiger partial charge in [0.1, 0.15) is 0 Å². The zero-order valence-electron chi connectivity index (χ0n) is 25.4. The van der Waals surface area contributed by atoms with E-state index in [0.717, 1.165) is 39.1 Å². The SMILES string of the molecule is c1ccc(-c2c3ccc(-c4nc(-c5ccc6ccccc6c5)c5ccccc5n4)cc3n3c4ccccc4c4ccccc4c23)cc1. The molecule has 3 heterocycles. The first-order valence-corrected chi connectivity index (χ1v) is 16.0. The molecule has 3 aromatic heterocycles. The Hall–Kier alpha value is -6.32. The van der Waals surface area contributed by atoms with Gasteiger partial charge in [-0.25, -0.2) is 9.97 Å². The third-order valence-electron chi connectivity index (χ3n) is 9.53. The summed E-state index contributed by atoms with van der Waals surface area (Å²) < 4.78 is 2.45. The van der Waals surface area contributed by atoms with Crippen LogP contribution in [0, 0.1) is 0 Å². The number of benzene rings is 7. The highest BCUT2D eigenvalue weighted by Gasteiger charge is 2.20. The van der Waals surface area contributed by atoms with Gasteiger partial charge >= 0.3 is 0 Å². The van der Waals surface area contributed by atoms with E-state index >= 15 is 0 Å². The third-order valence-corrected chi connectivity index (χ3v) is 9.53. The summed E-state index contributed by atoms with van der Waals surface area (Å²) >= 11 is 0. The molecule has 0 saturated heterocycles. The van der Waals surface area contributed by atoms with Crippen LogP contribution in [0.3, 0.4) is 0 Å². The lowest BCUT2D eigenvalue weighted by Crippen LogP contribution is -1.96. The molecule has 3 nitrogen and oxygen atoms in total. The Kier molecular flexibility index (Phi) is 5.57. The molecule has 0 radical (unpaired) electrons. The first-order chi connectivity index (χ1) is 23.3. The van der Waals surface area contributed by atoms with E-state index in [1.54, 1.807) is 0 Å². The van der Waals surface area contributed by atoms with Crippen LogP contribution in [0.1, 0.15) is 0 Å². The molecule has 0 N–H and O–H groups in total. The molecule has 0 saturated carbocycles. The molecule has 3 heteroatoms. The summed E-state index contributed by atoms with van der Waals surface area (Å²) in [5.74, 6) is 0.718. The van der Waals surface area contributed by atoms with Crippen molar-refractivity contribution in [2.24, 2.45) is 0 Å². The summed E-state index contributed by atoms with van der Waals surface area (Å²) in [6.45, 7) is 0. The van der Waals surface area contributed by atoms with Gasteiger partial charge in [-0.1, -0.05) is 140 Å². The Labute approximate surface area is 271 Å². The molecule has 10 aromatic rings. The molecule has 47 heavy (non-hydrogen) atoms. The Morgan fingerprint density at radius 2 is 1.06 bits per heavy atom. The second kappa shape index (κ2) is 10.1. The van der Waals surface area contributed by atoms with Crippen molar-refractivity contribution in [1.82, 2.24) is 14.4 Å². The van der Waals surface area contributed by atoms with Crippen LogP contribution < -0.4 is 0 Å². The van der Waals surface area contributed by atoms with E-state index in [0.29, 0.717) is 0 Å². The average Bonchev–Trinajstić information content (AvgIpc) is 3.50. The average molecular weight is 598 g/mol. The summed E-state index contributed by atoms with van der Waals surface area (Å²) in [7, 11) is 0. The van der Waals surface area contributed by atoms with Crippen LogP contribution in [-0.2, 0) is 0 Å². The fourth-order valence-electron chi connectivity index (χ4n) is 7.41. The second-order valence-electron chi connectivity index (χ2n) is 12.2. The maximum Gasteiger partial charge on any atom is 0.160 e. The van der Waals surface area contributed by atoms with Crippen molar-refractivity contribution in [3.63, 3.8) is 0 Å². The van der Waals surface area contributed by atoms with E-state index in [2.05, 4.69) is 168 Å². The van der Waals surface area contributed by atoms with E-state index in [9.17, 15) is 0 Å². The van der Waals surface area contributed by atoms with Gasteiger partial charge in [-0.2, -0.15) is 0 Å². The summed E-state index contributed by atoms with van der Waals surface area (Å²) in [6, 6.07) is 58.4. The molecular weight excluding hydrogens is 571 g/mol. The molecule has 0 aliphatic carbocycles. The predicted molar refractivity (Wildman–Crippen MR) is 197 cm³/mol. The van der Waals surface area contributed by atoms with Crippen molar-refractivity contribution in [2.45, 2.75) is 0 Å². The van der Waals surface area contributed by atoms with E-state index in [4.69, 9.17) is 9.97 Å². The van der Waals surface area contributed by atoms with Crippen molar-refractivity contribution >= 4 is 59.8 Å². The maximum absolute atomic E-state index is 5.29. The monoisotopic (exact) mass is 597 g/mol. The van der Waals surface area contributed by atoms with Gasteiger partial charge in [0.05, 0.1) is 27.8 Å². The number of rotatable bonds is 3. The quantitative estimate of drug-likeness (QED) is 0.190. The molecule has 7 aromatic carbocycles. The number of fused-ring (bicyclic) bond motifs is 10. The van der Waals surface area contributed by atoms with E-state index < -0.39 is 0 Å². The van der Waals surface area contributed by atoms with Crippen LogP contribution in [0.25, 0.3) is 93.5 Å². The second-order valence-corrected chi connectivity index (χ2v) is 12.2. The highest BCUT2D eigenvalue weighted by atomic mass is 14.9. The van der Waals surface area contributed by atoms with Gasteiger partial charge in [-0.05, 0) is 46.0 Å². The summed E-state index contributed by atoms with van der Waals surface area (Å²) in [4.78, 5) is 10.4. The van der Waals surface area contributed by atoms with E-state index in [1.807, 2.05) is 0 Å². The highest BCUT2D eigenvalue weighted by Crippen LogP contribution is 2.43. The predicted octanol–water partition coefficient (Wildman–Crippen LogP) is 11.5. The Bertz CT molecular complexity index is 2850. The number of hydrogen-bond donors (Lipinski definition) is 0. The fraction of sp³-hybridized carbons (Fsp3) is 0. The van der Waals surface area contributed by atoms with Gasteiger partial charge < -0.3 is 4.40 Å². The molecular formula is C44H27N3. The van der Waals surface area contributed by atoms with Crippen LogP contribution in [0.2, 0.25) is 0 Å². The Morgan fingerprint density at radius 1 is 0.383 bits per heavy atom. The first kappa shape index (κ1) is 26.0. The Balaban J connectivity index is 1.30. The van der Waals surface area contributed by atoms with Crippen LogP contribution in [0.5, 0.6) is 0 Å². The minimum Gasteiger partial charge on any atom is -0.308 e. The smallest absolute Gasteiger partial charge is 0.160 e. The fourth-order valence-corrected chi connectivity index (χ4v) is 7.41. The summed E-state index contributed by atoms with van der Waals surface area (Å²) in [5.41, 5.74) is 9.93. The van der Waals surface area contributed by atoms with Crippen LogP contribution >= 0.6 is 0 Å². The van der Waals surface area contributed by atoms with Gasteiger partial charge in [-0.3, -0.25) is 0 Å². The zero-order valence-corrected chi connectivity index (χ0v) is 25.4. The van der Waals surface area contributed by atoms with Crippen molar-refractivity contribution in [2.75, 3.05) is 0 Å². The van der Waals surface area contributed by atoms with E-state index in [1.165, 1.54) is 54.5 Å². The third kappa shape index (κ3) is 3.93. The van der Waals surface area contributed by atoms with Crippen molar-refractivity contribution in [3.8, 4) is 33.8 Å². The number of hydrogen-bond acceptors (Lipinski definition) is 2. The summed E-state index contributed by atoms with van der Waals surface area (Å²) in [5, 5.41) is 8.40. The zero-order chi connectivity index (χ0) is 30.9. The standard InChI is InChI=1S/C44H27N3/c1-2-13-29(14-3-1)41-37-25-24-32(27-40(37)47-39-21-11-9-17-34(39)33-16-6-7-18-35(33)43(41)47)44-45-38-20-10-8-19-36(38)42(46-44)31-23-22-28-12-4-5-15-30(28)26-31/h1-27H. The molecule has 0 bridgehead atoms. The molecule has 10 rings (SSSR count). The number of nitrogens with zero attached hydrogens (tertiary/aromatic N) is 3. The number of para-hydroxylation sites is 2. The van der Waals surface area contributed by atoms with Gasteiger partial charge in [-0.15, -0.1) is 0 Å². The molecule has 0 atom stereocenters. The number of pyridine rings is 1. The van der Waals surface area contributed by atoms with Crippen molar-refractivity contribution in [1.29, 1.82) is 0 Å². The molecule has 218 valence electrons. The van der Waals surface area contributed by atoms with E-state index in [-0.39, 0.29) is 0 Å². The molecule has 0 amide bonds. The summed E-state index contributed by atoms with van der Waals surface area (Å²) in [6.07, 6.45) is 0. The van der Waals surface area contributed by atoms with Gasteiger partial charge in [0.25, 0.3) is 0 Å². The van der Waals surface area contributed by atoms with Gasteiger partial charge in [0.2, 0.25) is 0 Å². The van der Waals surface area contributed by atoms with Gasteiger partial charge in [0, 0.05) is 38.2 Å². The minimum atomic E-state index is 0.718. The molecule has 0 spiro atoms. The normalized spacial score (nSPS) is 11.8. The van der Waals surface area contributed by atoms with Crippen molar-refractivity contribution < 1.29 is 0 Å². The van der Waals surface area contributed by atoms with Crippen LogP contribution in [-0.4, -0.2) is 14.4 Å². The van der Waals surface area contributed by atoms with Crippen molar-refractivity contribution in [3.05, 3.63) is 164 Å². The minimum absolute atomic E-state index is 0.718. The van der Waals surface area contributed by atoms with Crippen LogP contribution in [0.15, 0.2) is 164 Å². The molecule has 0 fully saturated rings. The number of aromatic nitrogens is 3. The van der Waals surface area contributed by atoms with Crippen LogP contribution in [0.4, 0.5) is 0 Å². The highest BCUT2D eigenvalue weighted by molar-refractivity contribution is 6.22. The lowest BCUT2D eigenvalue weighted by molar-refractivity contribution is 1.23. The largest absolute Gasteiger partial charge is 0.308 e. The molecule has 0 aliphatic heterocycles. The Morgan fingerprint density at radius 3 is 1.94 bits per heavy atom.